The van der Waals surface area contributed by atoms with Crippen LogP contribution in [0.25, 0.3) is 0 Å². The Morgan fingerprint density at radius 1 is 1.69 bits per heavy atom. The quantitative estimate of drug-likeness (QED) is 0.844. The SMILES string of the molecule is N#CCCN(c1nc[nH]c(=O)c1I)C1CC1. The Bertz CT molecular complexity index is 474. The molecule has 1 aliphatic rings. The van der Waals surface area contributed by atoms with Gasteiger partial charge in [0, 0.05) is 12.6 Å². The number of aromatic nitrogens is 2. The van der Waals surface area contributed by atoms with Crippen LogP contribution in [0.5, 0.6) is 0 Å². The summed E-state index contributed by atoms with van der Waals surface area (Å²) in [6.07, 6.45) is 4.12. The topological polar surface area (TPSA) is 72.8 Å². The normalized spacial score (nSPS) is 14.5. The van der Waals surface area contributed by atoms with E-state index in [4.69, 9.17) is 5.26 Å². The fraction of sp³-hybridized carbons (Fsp3) is 0.500. The van der Waals surface area contributed by atoms with Gasteiger partial charge in [0.25, 0.3) is 5.56 Å². The summed E-state index contributed by atoms with van der Waals surface area (Å²) < 4.78 is 0.602. The monoisotopic (exact) mass is 330 g/mol. The van der Waals surface area contributed by atoms with E-state index in [-0.39, 0.29) is 5.56 Å². The molecule has 0 atom stereocenters. The van der Waals surface area contributed by atoms with Crippen LogP contribution in [0, 0.1) is 14.9 Å². The highest BCUT2D eigenvalue weighted by Gasteiger charge is 2.31. The summed E-state index contributed by atoms with van der Waals surface area (Å²) in [6, 6.07) is 2.58. The van der Waals surface area contributed by atoms with Gasteiger partial charge in [-0.2, -0.15) is 5.26 Å². The van der Waals surface area contributed by atoms with Crippen LogP contribution in [0.15, 0.2) is 11.1 Å². The third-order valence-corrected chi connectivity index (χ3v) is 3.47. The molecule has 0 aromatic carbocycles. The van der Waals surface area contributed by atoms with Crippen molar-refractivity contribution >= 4 is 28.4 Å². The van der Waals surface area contributed by atoms with Crippen LogP contribution in [0.1, 0.15) is 19.3 Å². The first-order valence-corrected chi connectivity index (χ1v) is 6.18. The Balaban J connectivity index is 2.28. The van der Waals surface area contributed by atoms with Crippen molar-refractivity contribution < 1.29 is 0 Å². The number of nitrogens with one attached hydrogen (secondary N) is 1. The Morgan fingerprint density at radius 2 is 2.44 bits per heavy atom. The van der Waals surface area contributed by atoms with Crippen LogP contribution in [0.2, 0.25) is 0 Å². The third kappa shape index (κ3) is 2.35. The minimum atomic E-state index is -0.117. The van der Waals surface area contributed by atoms with Crippen molar-refractivity contribution in [3.63, 3.8) is 0 Å². The zero-order chi connectivity index (χ0) is 11.5. The molecule has 1 N–H and O–H groups in total. The average Bonchev–Trinajstić information content (AvgIpc) is 3.08. The lowest BCUT2D eigenvalue weighted by molar-refractivity contribution is 0.770. The minimum absolute atomic E-state index is 0.117. The van der Waals surface area contributed by atoms with Gasteiger partial charge in [-0.25, -0.2) is 4.98 Å². The lowest BCUT2D eigenvalue weighted by Gasteiger charge is -2.22. The number of rotatable bonds is 4. The Morgan fingerprint density at radius 3 is 3.06 bits per heavy atom. The van der Waals surface area contributed by atoms with Gasteiger partial charge in [0.1, 0.15) is 9.39 Å². The van der Waals surface area contributed by atoms with Gasteiger partial charge in [-0.3, -0.25) is 4.79 Å². The summed E-state index contributed by atoms with van der Waals surface area (Å²) in [5, 5.41) is 8.62. The van der Waals surface area contributed by atoms with E-state index < -0.39 is 0 Å². The maximum Gasteiger partial charge on any atom is 0.266 e. The fourth-order valence-corrected chi connectivity index (χ4v) is 2.20. The van der Waals surface area contributed by atoms with Crippen LogP contribution in [-0.4, -0.2) is 22.6 Å². The molecule has 1 aromatic heterocycles. The van der Waals surface area contributed by atoms with Crippen molar-refractivity contribution in [2.75, 3.05) is 11.4 Å². The van der Waals surface area contributed by atoms with Gasteiger partial charge in [0.2, 0.25) is 0 Å². The second kappa shape index (κ2) is 4.82. The maximum atomic E-state index is 11.5. The number of anilines is 1. The summed E-state index contributed by atoms with van der Waals surface area (Å²) in [5.41, 5.74) is -0.117. The lowest BCUT2D eigenvalue weighted by Crippen LogP contribution is -2.30. The molecule has 16 heavy (non-hydrogen) atoms. The second-order valence-corrected chi connectivity index (χ2v) is 4.78. The molecule has 0 spiro atoms. The van der Waals surface area contributed by atoms with E-state index in [1.165, 1.54) is 6.33 Å². The van der Waals surface area contributed by atoms with Crippen LogP contribution in [-0.2, 0) is 0 Å². The van der Waals surface area contributed by atoms with Gasteiger partial charge in [0.05, 0.1) is 18.8 Å². The van der Waals surface area contributed by atoms with Crippen molar-refractivity contribution in [1.82, 2.24) is 9.97 Å². The number of nitriles is 1. The number of H-pyrrole nitrogens is 1. The van der Waals surface area contributed by atoms with E-state index >= 15 is 0 Å². The molecule has 0 bridgehead atoms. The molecule has 0 radical (unpaired) electrons. The third-order valence-electron chi connectivity index (χ3n) is 2.50. The first-order chi connectivity index (χ1) is 7.74. The van der Waals surface area contributed by atoms with Crippen LogP contribution in [0.3, 0.4) is 0 Å². The fourth-order valence-electron chi connectivity index (χ4n) is 1.59. The van der Waals surface area contributed by atoms with E-state index in [1.54, 1.807) is 0 Å². The molecule has 2 rings (SSSR count). The predicted octanol–water partition coefficient (Wildman–Crippen LogP) is 1.26. The number of halogens is 1. The zero-order valence-corrected chi connectivity index (χ0v) is 10.8. The zero-order valence-electron chi connectivity index (χ0n) is 8.61. The van der Waals surface area contributed by atoms with Gasteiger partial charge in [-0.15, -0.1) is 0 Å². The highest BCUT2D eigenvalue weighted by atomic mass is 127. The van der Waals surface area contributed by atoms with Crippen LogP contribution >= 0.6 is 22.6 Å². The average molecular weight is 330 g/mol. The summed E-state index contributed by atoms with van der Waals surface area (Å²) in [7, 11) is 0. The summed E-state index contributed by atoms with van der Waals surface area (Å²) in [5.74, 6) is 0.710. The number of hydrogen-bond acceptors (Lipinski definition) is 4. The molecule has 1 fully saturated rings. The standard InChI is InChI=1S/C10H11IN4O/c11-8-9(13-6-14-10(8)16)15(5-1-4-12)7-2-3-7/h6-7H,1-3,5H2,(H,13,14,16). The molecule has 1 saturated carbocycles. The summed E-state index contributed by atoms with van der Waals surface area (Å²) >= 11 is 2.00. The Hall–Kier alpha value is -1.10. The smallest absolute Gasteiger partial charge is 0.266 e. The Kier molecular flexibility index (Phi) is 3.43. The predicted molar refractivity (Wildman–Crippen MR) is 68.2 cm³/mol. The van der Waals surface area contributed by atoms with Crippen LogP contribution in [0.4, 0.5) is 5.82 Å². The van der Waals surface area contributed by atoms with Crippen molar-refractivity contribution in [2.24, 2.45) is 0 Å². The minimum Gasteiger partial charge on any atom is -0.352 e. The molecular weight excluding hydrogens is 319 g/mol. The largest absolute Gasteiger partial charge is 0.352 e. The van der Waals surface area contributed by atoms with Crippen molar-refractivity contribution in [3.8, 4) is 6.07 Å². The van der Waals surface area contributed by atoms with Gasteiger partial charge in [-0.05, 0) is 35.4 Å². The van der Waals surface area contributed by atoms with Crippen molar-refractivity contribution in [2.45, 2.75) is 25.3 Å². The lowest BCUT2D eigenvalue weighted by atomic mass is 10.3. The van der Waals surface area contributed by atoms with E-state index in [0.717, 1.165) is 12.8 Å². The van der Waals surface area contributed by atoms with Gasteiger partial charge in [-0.1, -0.05) is 0 Å². The molecule has 84 valence electrons. The number of hydrogen-bond donors (Lipinski definition) is 1. The van der Waals surface area contributed by atoms with Gasteiger partial charge < -0.3 is 9.88 Å². The van der Waals surface area contributed by atoms with Gasteiger partial charge in [0.15, 0.2) is 0 Å². The molecule has 1 aliphatic carbocycles. The van der Waals surface area contributed by atoms with E-state index in [0.29, 0.717) is 28.4 Å². The maximum absolute atomic E-state index is 11.5. The summed E-state index contributed by atoms with van der Waals surface area (Å²) in [4.78, 5) is 20.3. The molecule has 1 heterocycles. The molecule has 0 saturated heterocycles. The highest BCUT2D eigenvalue weighted by Crippen LogP contribution is 2.31. The van der Waals surface area contributed by atoms with Crippen LogP contribution < -0.4 is 10.5 Å². The number of nitrogens with zero attached hydrogens (tertiary/aromatic N) is 3. The van der Waals surface area contributed by atoms with Crippen molar-refractivity contribution in [3.05, 3.63) is 20.3 Å². The number of aromatic amines is 1. The molecule has 0 aliphatic heterocycles. The molecule has 1 aromatic rings. The first-order valence-electron chi connectivity index (χ1n) is 5.11. The molecule has 5 nitrogen and oxygen atoms in total. The Labute approximate surface area is 107 Å². The molecule has 0 unspecified atom stereocenters. The molecular formula is C10H11IN4O. The van der Waals surface area contributed by atoms with E-state index in [9.17, 15) is 4.79 Å². The highest BCUT2D eigenvalue weighted by molar-refractivity contribution is 14.1. The summed E-state index contributed by atoms with van der Waals surface area (Å²) in [6.45, 7) is 0.646. The first kappa shape index (κ1) is 11.4. The van der Waals surface area contributed by atoms with Crippen molar-refractivity contribution in [1.29, 1.82) is 5.26 Å². The van der Waals surface area contributed by atoms with E-state index in [1.807, 2.05) is 22.6 Å². The molecule has 6 heteroatoms. The molecule has 0 amide bonds. The van der Waals surface area contributed by atoms with Gasteiger partial charge >= 0.3 is 0 Å². The van der Waals surface area contributed by atoms with E-state index in [2.05, 4.69) is 20.9 Å². The second-order valence-electron chi connectivity index (χ2n) is 3.70.